The molecule has 0 bridgehead atoms. The van der Waals surface area contributed by atoms with E-state index in [0.29, 0.717) is 12.2 Å². The number of aromatic nitrogens is 5. The Morgan fingerprint density at radius 3 is 2.97 bits per heavy atom. The van der Waals surface area contributed by atoms with Gasteiger partial charge in [0.05, 0.1) is 35.7 Å². The first-order valence-electron chi connectivity index (χ1n) is 11.4. The van der Waals surface area contributed by atoms with Crippen LogP contribution in [0.2, 0.25) is 0 Å². The molecule has 1 aromatic carbocycles. The third-order valence-corrected chi connectivity index (χ3v) is 6.30. The van der Waals surface area contributed by atoms with E-state index >= 15 is 0 Å². The standard InChI is InChI=1S/C25H28N6O2/c1-3-23-26-11-13-31(23)24-8-4-6-19(28-24)22-7-5-12-30(22)25(32)18-9-10-21-20(16-18)27-17-29(21)14-15-33-2/h4,6,8-11,13,16-17,22H,3,5,7,12,14-15H2,1-2H3/t22-/m0/s1. The third kappa shape index (κ3) is 4.02. The lowest BCUT2D eigenvalue weighted by molar-refractivity contribution is 0.0733. The lowest BCUT2D eigenvalue weighted by Crippen LogP contribution is -2.31. The molecule has 1 aliphatic rings. The van der Waals surface area contributed by atoms with Gasteiger partial charge in [-0.2, -0.15) is 0 Å². The number of rotatable bonds is 7. The fraction of sp³-hybridized carbons (Fsp3) is 0.360. The molecular formula is C25H28N6O2. The highest BCUT2D eigenvalue weighted by atomic mass is 16.5. The second kappa shape index (κ2) is 9.15. The van der Waals surface area contributed by atoms with Crippen molar-refractivity contribution in [2.24, 2.45) is 0 Å². The predicted molar refractivity (Wildman–Crippen MR) is 125 cm³/mol. The van der Waals surface area contributed by atoms with Crippen LogP contribution in [0.5, 0.6) is 0 Å². The number of likely N-dealkylation sites (tertiary alicyclic amines) is 1. The van der Waals surface area contributed by atoms with E-state index in [1.807, 2.05) is 56.6 Å². The van der Waals surface area contributed by atoms with E-state index in [0.717, 1.165) is 60.7 Å². The molecule has 8 heteroatoms. The summed E-state index contributed by atoms with van der Waals surface area (Å²) in [5.41, 5.74) is 3.40. The highest BCUT2D eigenvalue weighted by Gasteiger charge is 2.32. The first-order chi connectivity index (χ1) is 16.2. The Balaban J connectivity index is 1.41. The Hall–Kier alpha value is -3.52. The van der Waals surface area contributed by atoms with Crippen molar-refractivity contribution in [1.29, 1.82) is 0 Å². The predicted octanol–water partition coefficient (Wildman–Crippen LogP) is 3.80. The third-order valence-electron chi connectivity index (χ3n) is 6.30. The highest BCUT2D eigenvalue weighted by Crippen LogP contribution is 2.33. The molecule has 33 heavy (non-hydrogen) atoms. The lowest BCUT2D eigenvalue weighted by atomic mass is 10.1. The number of pyridine rings is 1. The smallest absolute Gasteiger partial charge is 0.254 e. The molecule has 5 rings (SSSR count). The van der Waals surface area contributed by atoms with Crippen molar-refractivity contribution in [3.8, 4) is 5.82 Å². The molecule has 0 spiro atoms. The molecule has 0 N–H and O–H groups in total. The van der Waals surface area contributed by atoms with E-state index in [4.69, 9.17) is 9.72 Å². The maximum Gasteiger partial charge on any atom is 0.254 e. The summed E-state index contributed by atoms with van der Waals surface area (Å²) in [5, 5.41) is 0. The fourth-order valence-corrected chi connectivity index (χ4v) is 4.61. The molecule has 3 aromatic heterocycles. The van der Waals surface area contributed by atoms with Gasteiger partial charge in [0.25, 0.3) is 5.91 Å². The SMILES string of the molecule is CCc1nccn1-c1cccc([C@@H]2CCCN2C(=O)c2ccc3c(c2)ncn3CCOC)n1. The molecule has 0 saturated carbocycles. The second-order valence-corrected chi connectivity index (χ2v) is 8.28. The van der Waals surface area contributed by atoms with Crippen LogP contribution in [0.25, 0.3) is 16.9 Å². The molecule has 4 heterocycles. The number of hydrogen-bond acceptors (Lipinski definition) is 5. The first kappa shape index (κ1) is 21.3. The van der Waals surface area contributed by atoms with E-state index in [2.05, 4.69) is 16.9 Å². The van der Waals surface area contributed by atoms with E-state index < -0.39 is 0 Å². The first-order valence-corrected chi connectivity index (χ1v) is 11.4. The van der Waals surface area contributed by atoms with Crippen molar-refractivity contribution in [2.75, 3.05) is 20.3 Å². The minimum absolute atomic E-state index is 0.0231. The van der Waals surface area contributed by atoms with Gasteiger partial charge in [-0.25, -0.2) is 15.0 Å². The second-order valence-electron chi connectivity index (χ2n) is 8.28. The summed E-state index contributed by atoms with van der Waals surface area (Å²) >= 11 is 0. The van der Waals surface area contributed by atoms with Gasteiger partial charge >= 0.3 is 0 Å². The maximum absolute atomic E-state index is 13.5. The summed E-state index contributed by atoms with van der Waals surface area (Å²) in [6.45, 7) is 4.15. The van der Waals surface area contributed by atoms with Gasteiger partial charge in [-0.05, 0) is 43.2 Å². The van der Waals surface area contributed by atoms with Crippen molar-refractivity contribution in [3.63, 3.8) is 0 Å². The molecule has 0 unspecified atom stereocenters. The number of hydrogen-bond donors (Lipinski definition) is 0. The summed E-state index contributed by atoms with van der Waals surface area (Å²) < 4.78 is 9.23. The molecule has 4 aromatic rings. The van der Waals surface area contributed by atoms with Crippen LogP contribution < -0.4 is 0 Å². The number of carbonyl (C=O) groups excluding carboxylic acids is 1. The molecule has 1 aliphatic heterocycles. The van der Waals surface area contributed by atoms with E-state index in [-0.39, 0.29) is 11.9 Å². The molecule has 0 radical (unpaired) electrons. The Morgan fingerprint density at radius 2 is 2.12 bits per heavy atom. The van der Waals surface area contributed by atoms with Gasteiger partial charge < -0.3 is 14.2 Å². The molecule has 8 nitrogen and oxygen atoms in total. The molecule has 1 saturated heterocycles. The van der Waals surface area contributed by atoms with E-state index in [1.165, 1.54) is 0 Å². The van der Waals surface area contributed by atoms with Crippen LogP contribution in [-0.2, 0) is 17.7 Å². The Bertz CT molecular complexity index is 1280. The maximum atomic E-state index is 13.5. The fourth-order valence-electron chi connectivity index (χ4n) is 4.61. The van der Waals surface area contributed by atoms with Crippen LogP contribution in [0.1, 0.15) is 47.7 Å². The Labute approximate surface area is 192 Å². The minimum Gasteiger partial charge on any atom is -0.383 e. The summed E-state index contributed by atoms with van der Waals surface area (Å²) in [4.78, 5) is 29.3. The van der Waals surface area contributed by atoms with Gasteiger partial charge in [-0.3, -0.25) is 9.36 Å². The van der Waals surface area contributed by atoms with Crippen molar-refractivity contribution in [1.82, 2.24) is 29.0 Å². The number of aryl methyl sites for hydroxylation is 1. The number of carbonyl (C=O) groups is 1. The van der Waals surface area contributed by atoms with Crippen molar-refractivity contribution < 1.29 is 9.53 Å². The Morgan fingerprint density at radius 1 is 1.21 bits per heavy atom. The zero-order valence-corrected chi connectivity index (χ0v) is 19.0. The van der Waals surface area contributed by atoms with E-state index in [1.54, 1.807) is 19.6 Å². The molecule has 0 aliphatic carbocycles. The summed E-state index contributed by atoms with van der Waals surface area (Å²) in [6.07, 6.45) is 8.22. The molecule has 1 amide bonds. The van der Waals surface area contributed by atoms with Crippen LogP contribution in [0.4, 0.5) is 0 Å². The number of fused-ring (bicyclic) bond motifs is 1. The van der Waals surface area contributed by atoms with Gasteiger partial charge in [0.1, 0.15) is 11.6 Å². The summed E-state index contributed by atoms with van der Waals surface area (Å²) in [5.74, 6) is 1.83. The van der Waals surface area contributed by atoms with Gasteiger partial charge in [0.2, 0.25) is 0 Å². The van der Waals surface area contributed by atoms with Crippen LogP contribution >= 0.6 is 0 Å². The van der Waals surface area contributed by atoms with Crippen molar-refractivity contribution >= 4 is 16.9 Å². The quantitative estimate of drug-likeness (QED) is 0.433. The molecule has 170 valence electrons. The van der Waals surface area contributed by atoms with Gasteiger partial charge in [-0.15, -0.1) is 0 Å². The number of ether oxygens (including phenoxy) is 1. The molecular weight excluding hydrogens is 416 g/mol. The summed E-state index contributed by atoms with van der Waals surface area (Å²) in [7, 11) is 1.69. The van der Waals surface area contributed by atoms with Crippen LogP contribution in [0.3, 0.4) is 0 Å². The molecule has 1 fully saturated rings. The average Bonchev–Trinajstić information content (AvgIpc) is 3.61. The monoisotopic (exact) mass is 444 g/mol. The van der Waals surface area contributed by atoms with Gasteiger partial charge in [-0.1, -0.05) is 13.0 Å². The number of imidazole rings is 2. The number of benzene rings is 1. The highest BCUT2D eigenvalue weighted by molar-refractivity contribution is 5.97. The Kier molecular flexibility index (Phi) is 5.92. The van der Waals surface area contributed by atoms with E-state index in [9.17, 15) is 4.79 Å². The van der Waals surface area contributed by atoms with Crippen molar-refractivity contribution in [2.45, 2.75) is 38.8 Å². The largest absolute Gasteiger partial charge is 0.383 e. The van der Waals surface area contributed by atoms with Gasteiger partial charge in [0, 0.05) is 44.6 Å². The normalized spacial score (nSPS) is 16.1. The zero-order valence-electron chi connectivity index (χ0n) is 19.0. The summed E-state index contributed by atoms with van der Waals surface area (Å²) in [6, 6.07) is 11.7. The van der Waals surface area contributed by atoms with Gasteiger partial charge in [0.15, 0.2) is 0 Å². The van der Waals surface area contributed by atoms with Crippen LogP contribution in [0.15, 0.2) is 55.1 Å². The number of nitrogens with zero attached hydrogens (tertiary/aromatic N) is 6. The molecule has 1 atom stereocenters. The number of methoxy groups -OCH3 is 1. The van der Waals surface area contributed by atoms with Crippen molar-refractivity contribution in [3.05, 3.63) is 72.2 Å². The lowest BCUT2D eigenvalue weighted by Gasteiger charge is -2.25. The average molecular weight is 445 g/mol. The minimum atomic E-state index is -0.0407. The zero-order chi connectivity index (χ0) is 22.8. The number of amides is 1. The van der Waals surface area contributed by atoms with Crippen LogP contribution in [-0.4, -0.2) is 55.2 Å². The topological polar surface area (TPSA) is 78.1 Å². The van der Waals surface area contributed by atoms with Crippen LogP contribution in [0, 0.1) is 0 Å².